The second-order valence-corrected chi connectivity index (χ2v) is 13.0. The average molecular weight is 602 g/mol. The number of sulfonamides is 1. The number of nitrogens with two attached hydrogens (primary N) is 1. The van der Waals surface area contributed by atoms with Crippen molar-refractivity contribution in [3.8, 4) is 0 Å². The van der Waals surface area contributed by atoms with Crippen molar-refractivity contribution >= 4 is 61.5 Å². The van der Waals surface area contributed by atoms with Crippen LogP contribution in [-0.4, -0.2) is 53.3 Å². The van der Waals surface area contributed by atoms with Gasteiger partial charge in [0.1, 0.15) is 17.8 Å². The van der Waals surface area contributed by atoms with Gasteiger partial charge < -0.3 is 15.2 Å². The Balaban J connectivity index is 1.45. The van der Waals surface area contributed by atoms with Crippen molar-refractivity contribution in [1.82, 2.24) is 19.4 Å². The van der Waals surface area contributed by atoms with Crippen molar-refractivity contribution in [2.45, 2.75) is 37.6 Å². The lowest BCUT2D eigenvalue weighted by Crippen LogP contribution is -2.36. The highest BCUT2D eigenvalue weighted by Gasteiger charge is 2.27. The summed E-state index contributed by atoms with van der Waals surface area (Å²) in [5.74, 6) is 0.512. The predicted molar refractivity (Wildman–Crippen MR) is 159 cm³/mol. The third-order valence-corrected chi connectivity index (χ3v) is 8.78. The molecule has 5 rings (SSSR count). The van der Waals surface area contributed by atoms with Crippen LogP contribution in [0.5, 0.6) is 0 Å². The summed E-state index contributed by atoms with van der Waals surface area (Å²) in [7, 11) is -4.01. The molecule has 3 N–H and O–H groups in total. The van der Waals surface area contributed by atoms with E-state index in [9.17, 15) is 13.2 Å². The van der Waals surface area contributed by atoms with E-state index < -0.39 is 10.0 Å². The van der Waals surface area contributed by atoms with E-state index in [1.165, 1.54) is 30.6 Å². The van der Waals surface area contributed by atoms with E-state index in [1.807, 2.05) is 10.8 Å². The molecule has 3 heterocycles. The van der Waals surface area contributed by atoms with Crippen LogP contribution in [-0.2, 0) is 10.0 Å². The fourth-order valence-electron chi connectivity index (χ4n) is 5.23. The third kappa shape index (κ3) is 5.95. The standard InChI is InChI=1S/C28H30Cl2N6O3S/c1-17(2)14-35-8-6-22(7-9-35)36-15-24(25-27(31)32-16-33-28(25)36)26(37)18-4-3-5-21(10-18)34-40(38,39)23-12-19(29)11-20(30)13-23/h3-5,10-13,15-17,22,34H,6-9,14H2,1-2H3,(H2,31,32,33). The second-order valence-electron chi connectivity index (χ2n) is 10.5. The lowest BCUT2D eigenvalue weighted by Gasteiger charge is -2.33. The zero-order valence-electron chi connectivity index (χ0n) is 22.1. The first-order valence-corrected chi connectivity index (χ1v) is 15.2. The first-order chi connectivity index (χ1) is 19.0. The molecule has 12 heteroatoms. The summed E-state index contributed by atoms with van der Waals surface area (Å²) >= 11 is 12.0. The molecule has 2 aromatic carbocycles. The number of hydrogen-bond donors (Lipinski definition) is 2. The van der Waals surface area contributed by atoms with Crippen LogP contribution in [0, 0.1) is 5.92 Å². The van der Waals surface area contributed by atoms with Gasteiger partial charge in [-0.3, -0.25) is 9.52 Å². The zero-order chi connectivity index (χ0) is 28.6. The van der Waals surface area contributed by atoms with Crippen LogP contribution in [0.3, 0.4) is 0 Å². The second kappa shape index (κ2) is 11.4. The molecule has 1 saturated heterocycles. The van der Waals surface area contributed by atoms with E-state index in [2.05, 4.69) is 33.4 Å². The van der Waals surface area contributed by atoms with E-state index in [0.29, 0.717) is 28.1 Å². The maximum absolute atomic E-state index is 13.8. The minimum atomic E-state index is -4.01. The highest BCUT2D eigenvalue weighted by atomic mass is 35.5. The smallest absolute Gasteiger partial charge is 0.261 e. The largest absolute Gasteiger partial charge is 0.383 e. The van der Waals surface area contributed by atoms with Crippen LogP contribution in [0.4, 0.5) is 11.5 Å². The number of rotatable bonds is 8. The van der Waals surface area contributed by atoms with Gasteiger partial charge in [0.2, 0.25) is 0 Å². The van der Waals surface area contributed by atoms with Crippen LogP contribution < -0.4 is 10.5 Å². The van der Waals surface area contributed by atoms with Crippen molar-refractivity contribution < 1.29 is 13.2 Å². The maximum Gasteiger partial charge on any atom is 0.261 e. The Morgan fingerprint density at radius 3 is 2.48 bits per heavy atom. The van der Waals surface area contributed by atoms with Crippen LogP contribution >= 0.6 is 23.2 Å². The average Bonchev–Trinajstić information content (AvgIpc) is 3.29. The quantitative estimate of drug-likeness (QED) is 0.251. The van der Waals surface area contributed by atoms with E-state index in [1.54, 1.807) is 18.2 Å². The molecule has 0 amide bonds. The number of piperidine rings is 1. The Bertz CT molecular complexity index is 1660. The highest BCUT2D eigenvalue weighted by Crippen LogP contribution is 2.33. The zero-order valence-corrected chi connectivity index (χ0v) is 24.5. The third-order valence-electron chi connectivity index (χ3n) is 6.98. The SMILES string of the molecule is CC(C)CN1CCC(n2cc(C(=O)c3cccc(NS(=O)(=O)c4cc(Cl)cc(Cl)c4)c3)c3c(N)ncnc32)CC1. The van der Waals surface area contributed by atoms with Crippen molar-refractivity contribution in [2.24, 2.45) is 5.92 Å². The number of ketones is 1. The summed E-state index contributed by atoms with van der Waals surface area (Å²) < 4.78 is 30.5. The lowest BCUT2D eigenvalue weighted by molar-refractivity contribution is 0.103. The predicted octanol–water partition coefficient (Wildman–Crippen LogP) is 5.65. The Morgan fingerprint density at radius 2 is 1.80 bits per heavy atom. The normalized spacial score (nSPS) is 15.1. The van der Waals surface area contributed by atoms with Crippen molar-refractivity contribution in [1.29, 1.82) is 0 Å². The van der Waals surface area contributed by atoms with E-state index in [4.69, 9.17) is 28.9 Å². The number of nitrogen functional groups attached to an aromatic ring is 1. The number of likely N-dealkylation sites (tertiary alicyclic amines) is 1. The maximum atomic E-state index is 13.8. The number of hydrogen-bond acceptors (Lipinski definition) is 7. The van der Waals surface area contributed by atoms with Crippen LogP contribution in [0.15, 0.2) is 59.9 Å². The van der Waals surface area contributed by atoms with Crippen LogP contribution in [0.2, 0.25) is 10.0 Å². The summed E-state index contributed by atoms with van der Waals surface area (Å²) in [5, 5.41) is 0.883. The molecular formula is C28H30Cl2N6O3S. The first kappa shape index (κ1) is 28.4. The molecule has 40 heavy (non-hydrogen) atoms. The number of aromatic nitrogens is 3. The molecule has 9 nitrogen and oxygen atoms in total. The molecule has 4 aromatic rings. The number of benzene rings is 2. The van der Waals surface area contributed by atoms with Gasteiger partial charge in [0, 0.05) is 53.2 Å². The van der Waals surface area contributed by atoms with Gasteiger partial charge >= 0.3 is 0 Å². The number of nitrogens with one attached hydrogen (secondary N) is 1. The van der Waals surface area contributed by atoms with Crippen molar-refractivity contribution in [3.05, 3.63) is 76.2 Å². The molecule has 1 aliphatic rings. The van der Waals surface area contributed by atoms with Crippen LogP contribution in [0.1, 0.15) is 48.7 Å². The Hall–Kier alpha value is -3.18. The number of carbonyl (C=O) groups excluding carboxylic acids is 1. The number of nitrogens with zero attached hydrogens (tertiary/aromatic N) is 4. The molecule has 1 aliphatic heterocycles. The minimum absolute atomic E-state index is 0.0887. The molecule has 1 fully saturated rings. The molecule has 0 aliphatic carbocycles. The van der Waals surface area contributed by atoms with Crippen molar-refractivity contribution in [3.63, 3.8) is 0 Å². The molecule has 0 radical (unpaired) electrons. The van der Waals surface area contributed by atoms with Gasteiger partial charge in [0.25, 0.3) is 10.0 Å². The Kier molecular flexibility index (Phi) is 8.05. The number of carbonyl (C=O) groups is 1. The van der Waals surface area contributed by atoms with Gasteiger partial charge in [0.15, 0.2) is 5.78 Å². The summed E-state index contributed by atoms with van der Waals surface area (Å²) in [4.78, 5) is 24.8. The monoisotopic (exact) mass is 600 g/mol. The number of halogens is 2. The van der Waals surface area contributed by atoms with Gasteiger partial charge in [-0.1, -0.05) is 49.2 Å². The van der Waals surface area contributed by atoms with Gasteiger partial charge in [0.05, 0.1) is 15.8 Å². The number of fused-ring (bicyclic) bond motifs is 1. The molecule has 210 valence electrons. The Labute approximate surface area is 243 Å². The molecule has 0 saturated carbocycles. The van der Waals surface area contributed by atoms with E-state index in [-0.39, 0.29) is 38.3 Å². The summed E-state index contributed by atoms with van der Waals surface area (Å²) in [5.41, 5.74) is 7.75. The summed E-state index contributed by atoms with van der Waals surface area (Å²) in [6.07, 6.45) is 5.08. The molecule has 0 bridgehead atoms. The summed E-state index contributed by atoms with van der Waals surface area (Å²) in [6.45, 7) is 7.42. The highest BCUT2D eigenvalue weighted by molar-refractivity contribution is 7.92. The van der Waals surface area contributed by atoms with Crippen molar-refractivity contribution in [2.75, 3.05) is 30.1 Å². The fourth-order valence-corrected chi connectivity index (χ4v) is 7.01. The minimum Gasteiger partial charge on any atom is -0.383 e. The topological polar surface area (TPSA) is 123 Å². The van der Waals surface area contributed by atoms with Crippen LogP contribution in [0.25, 0.3) is 11.0 Å². The molecular weight excluding hydrogens is 571 g/mol. The summed E-state index contributed by atoms with van der Waals surface area (Å²) in [6, 6.07) is 10.5. The van der Waals surface area contributed by atoms with Gasteiger partial charge in [-0.15, -0.1) is 0 Å². The molecule has 2 aromatic heterocycles. The van der Waals surface area contributed by atoms with E-state index >= 15 is 0 Å². The lowest BCUT2D eigenvalue weighted by atomic mass is 10.0. The van der Waals surface area contributed by atoms with Gasteiger partial charge in [-0.05, 0) is 49.1 Å². The Morgan fingerprint density at radius 1 is 1.10 bits per heavy atom. The molecule has 0 unspecified atom stereocenters. The van der Waals surface area contributed by atoms with Gasteiger partial charge in [-0.2, -0.15) is 0 Å². The number of anilines is 2. The molecule has 0 spiro atoms. The first-order valence-electron chi connectivity index (χ1n) is 13.0. The van der Waals surface area contributed by atoms with E-state index in [0.717, 1.165) is 32.5 Å². The molecule has 0 atom stereocenters. The van der Waals surface area contributed by atoms with Gasteiger partial charge in [-0.25, -0.2) is 18.4 Å². The fraction of sp³-hybridized carbons (Fsp3) is 0.321.